The van der Waals surface area contributed by atoms with Crippen molar-refractivity contribution in [3.8, 4) is 0 Å². The third-order valence-corrected chi connectivity index (χ3v) is 5.56. The van der Waals surface area contributed by atoms with Gasteiger partial charge < -0.3 is 21.3 Å². The molecule has 2 aromatic heterocycles. The van der Waals surface area contributed by atoms with Gasteiger partial charge >= 0.3 is 0 Å². The lowest BCUT2D eigenvalue weighted by Gasteiger charge is -2.19. The van der Waals surface area contributed by atoms with Crippen LogP contribution in [0.4, 0.5) is 27.4 Å². The van der Waals surface area contributed by atoms with Crippen LogP contribution in [0.15, 0.2) is 48.7 Å². The number of hydrogen-bond acceptors (Lipinski definition) is 6. The van der Waals surface area contributed by atoms with E-state index in [-0.39, 0.29) is 11.9 Å². The van der Waals surface area contributed by atoms with Crippen molar-refractivity contribution in [2.45, 2.75) is 52.4 Å². The lowest BCUT2D eigenvalue weighted by molar-refractivity contribution is 0.0943. The van der Waals surface area contributed by atoms with Gasteiger partial charge in [0.15, 0.2) is 0 Å². The summed E-state index contributed by atoms with van der Waals surface area (Å²) in [6.45, 7) is 8.56. The number of anilines is 4. The molecule has 0 saturated heterocycles. The fraction of sp³-hybridized carbons (Fsp3) is 0.346. The fourth-order valence-corrected chi connectivity index (χ4v) is 3.82. The summed E-state index contributed by atoms with van der Waals surface area (Å²) >= 11 is 0. The molecule has 1 aliphatic heterocycles. The Morgan fingerprint density at radius 1 is 1.06 bits per heavy atom. The van der Waals surface area contributed by atoms with Crippen molar-refractivity contribution >= 4 is 28.9 Å². The maximum atomic E-state index is 14.4. The number of nitrogens with zero attached hydrogens (tertiary/aromatic N) is 2. The molecule has 8 heteroatoms. The minimum absolute atomic E-state index is 0.0250. The van der Waals surface area contributed by atoms with E-state index in [1.807, 2.05) is 19.9 Å². The molecule has 0 fully saturated rings. The van der Waals surface area contributed by atoms with Crippen molar-refractivity contribution in [2.75, 3.05) is 17.2 Å². The summed E-state index contributed by atoms with van der Waals surface area (Å²) < 4.78 is 14.4. The number of carbonyl (C=O) groups is 1. The maximum Gasteiger partial charge on any atom is 0.255 e. The van der Waals surface area contributed by atoms with Crippen molar-refractivity contribution in [3.63, 3.8) is 0 Å². The molecule has 0 atom stereocenters. The van der Waals surface area contributed by atoms with Crippen LogP contribution in [-0.2, 0) is 18.6 Å². The largest absolute Gasteiger partial charge is 0.350 e. The summed E-state index contributed by atoms with van der Waals surface area (Å²) in [4.78, 5) is 21.6. The van der Waals surface area contributed by atoms with Crippen LogP contribution in [0.5, 0.6) is 0 Å². The third kappa shape index (κ3) is 5.69. The normalized spacial score (nSPS) is 13.4. The van der Waals surface area contributed by atoms with Crippen molar-refractivity contribution in [1.29, 1.82) is 0 Å². The highest BCUT2D eigenvalue weighted by Crippen LogP contribution is 2.28. The Labute approximate surface area is 199 Å². The van der Waals surface area contributed by atoms with Gasteiger partial charge in [0.2, 0.25) is 0 Å². The molecule has 3 aromatic rings. The molecule has 0 unspecified atom stereocenters. The van der Waals surface area contributed by atoms with E-state index < -0.39 is 5.67 Å². The van der Waals surface area contributed by atoms with E-state index in [0.29, 0.717) is 28.6 Å². The van der Waals surface area contributed by atoms with Gasteiger partial charge in [-0.2, -0.15) is 0 Å². The zero-order chi connectivity index (χ0) is 24.3. The summed E-state index contributed by atoms with van der Waals surface area (Å²) in [6, 6.07) is 13.1. The van der Waals surface area contributed by atoms with Crippen LogP contribution in [0.2, 0.25) is 0 Å². The smallest absolute Gasteiger partial charge is 0.255 e. The summed E-state index contributed by atoms with van der Waals surface area (Å²) in [5.74, 6) is 0.731. The average molecular weight is 463 g/mol. The average Bonchev–Trinajstić information content (AvgIpc) is 2.78. The number of alkyl halides is 1. The lowest BCUT2D eigenvalue weighted by Crippen LogP contribution is -2.30. The zero-order valence-corrected chi connectivity index (χ0v) is 20.0. The number of halogens is 1. The molecular weight excluding hydrogens is 431 g/mol. The molecule has 1 amide bonds. The van der Waals surface area contributed by atoms with E-state index in [0.717, 1.165) is 25.2 Å². The van der Waals surface area contributed by atoms with Gasteiger partial charge in [-0.05, 0) is 88.2 Å². The summed E-state index contributed by atoms with van der Waals surface area (Å²) in [5.41, 5.74) is 3.25. The lowest BCUT2D eigenvalue weighted by atomic mass is 10.0. The number of aromatic nitrogens is 2. The SMILES string of the molecule is CC(C)NC(=O)c1ccc(Nc2ccc3c(c2)CCNC3)nc1Nc1ccnc(C(C)(C)F)c1. The predicted molar refractivity (Wildman–Crippen MR) is 134 cm³/mol. The molecule has 0 radical (unpaired) electrons. The Balaban J connectivity index is 1.65. The van der Waals surface area contributed by atoms with Gasteiger partial charge in [-0.15, -0.1) is 0 Å². The van der Waals surface area contributed by atoms with Gasteiger partial charge in [0.05, 0.1) is 11.3 Å². The highest BCUT2D eigenvalue weighted by Gasteiger charge is 2.21. The first-order chi connectivity index (χ1) is 16.2. The van der Waals surface area contributed by atoms with Gasteiger partial charge in [-0.25, -0.2) is 9.37 Å². The van der Waals surface area contributed by atoms with Gasteiger partial charge in [-0.1, -0.05) is 6.07 Å². The van der Waals surface area contributed by atoms with Crippen LogP contribution in [-0.4, -0.2) is 28.5 Å². The Bertz CT molecular complexity index is 1190. The number of carbonyl (C=O) groups excluding carboxylic acids is 1. The molecule has 3 heterocycles. The number of benzene rings is 1. The van der Waals surface area contributed by atoms with E-state index in [4.69, 9.17) is 0 Å². The minimum Gasteiger partial charge on any atom is -0.350 e. The fourth-order valence-electron chi connectivity index (χ4n) is 3.82. The second-order valence-corrected chi connectivity index (χ2v) is 9.28. The molecule has 0 saturated carbocycles. The molecule has 34 heavy (non-hydrogen) atoms. The third-order valence-electron chi connectivity index (χ3n) is 5.56. The van der Waals surface area contributed by atoms with Crippen LogP contribution >= 0.6 is 0 Å². The van der Waals surface area contributed by atoms with Crippen molar-refractivity contribution in [3.05, 3.63) is 71.0 Å². The summed E-state index contributed by atoms with van der Waals surface area (Å²) in [6.07, 6.45) is 2.52. The molecule has 1 aromatic carbocycles. The van der Waals surface area contributed by atoms with Gasteiger partial charge in [-0.3, -0.25) is 9.78 Å². The molecular formula is C26H31FN6O. The van der Waals surface area contributed by atoms with E-state index >= 15 is 0 Å². The molecule has 0 aliphatic carbocycles. The van der Waals surface area contributed by atoms with Crippen LogP contribution in [0.25, 0.3) is 0 Å². The molecule has 0 bridgehead atoms. The quantitative estimate of drug-likeness (QED) is 0.397. The van der Waals surface area contributed by atoms with E-state index in [1.54, 1.807) is 24.3 Å². The molecule has 178 valence electrons. The molecule has 0 spiro atoms. The van der Waals surface area contributed by atoms with Crippen molar-refractivity contribution in [1.82, 2.24) is 20.6 Å². The maximum absolute atomic E-state index is 14.4. The number of hydrogen-bond donors (Lipinski definition) is 4. The standard InChI is InChI=1S/C26H31FN6O/c1-16(2)30-25(34)21-7-8-23(31-19-6-5-18-15-28-11-9-17(18)13-19)33-24(21)32-20-10-12-29-22(14-20)26(3,4)27/h5-8,10,12-14,16,28H,9,11,15H2,1-4H3,(H,30,34)(H2,29,31,32,33). The predicted octanol–water partition coefficient (Wildman–Crippen LogP) is 4.95. The van der Waals surface area contributed by atoms with Gasteiger partial charge in [0.25, 0.3) is 5.91 Å². The highest BCUT2D eigenvalue weighted by molar-refractivity contribution is 6.00. The van der Waals surface area contributed by atoms with Crippen LogP contribution in [0.1, 0.15) is 54.9 Å². The monoisotopic (exact) mass is 462 g/mol. The van der Waals surface area contributed by atoms with Gasteiger partial charge in [0.1, 0.15) is 17.3 Å². The first-order valence-corrected chi connectivity index (χ1v) is 11.5. The molecule has 1 aliphatic rings. The Kier molecular flexibility index (Phi) is 6.79. The van der Waals surface area contributed by atoms with Crippen LogP contribution < -0.4 is 21.3 Å². The van der Waals surface area contributed by atoms with E-state index in [2.05, 4.69) is 43.4 Å². The number of nitrogens with one attached hydrogen (secondary N) is 4. The number of rotatable bonds is 7. The Morgan fingerprint density at radius 2 is 1.85 bits per heavy atom. The van der Waals surface area contributed by atoms with Crippen LogP contribution in [0.3, 0.4) is 0 Å². The Hall–Kier alpha value is -3.52. The Morgan fingerprint density at radius 3 is 2.62 bits per heavy atom. The minimum atomic E-state index is -1.59. The zero-order valence-electron chi connectivity index (χ0n) is 20.0. The first kappa shape index (κ1) is 23.6. The van der Waals surface area contributed by atoms with Gasteiger partial charge in [0, 0.05) is 30.2 Å². The molecule has 4 N–H and O–H groups in total. The second kappa shape index (κ2) is 9.77. The molecule has 4 rings (SSSR count). The summed E-state index contributed by atoms with van der Waals surface area (Å²) in [7, 11) is 0. The highest BCUT2D eigenvalue weighted by atomic mass is 19.1. The summed E-state index contributed by atoms with van der Waals surface area (Å²) in [5, 5.41) is 12.8. The van der Waals surface area contributed by atoms with Crippen LogP contribution in [0, 0.1) is 0 Å². The van der Waals surface area contributed by atoms with Crippen molar-refractivity contribution in [2.24, 2.45) is 0 Å². The number of pyridine rings is 2. The molecule has 7 nitrogen and oxygen atoms in total. The second-order valence-electron chi connectivity index (χ2n) is 9.28. The number of fused-ring (bicyclic) bond motifs is 1. The van der Waals surface area contributed by atoms with Crippen molar-refractivity contribution < 1.29 is 9.18 Å². The van der Waals surface area contributed by atoms with E-state index in [1.165, 1.54) is 31.2 Å². The van der Waals surface area contributed by atoms with E-state index in [9.17, 15) is 9.18 Å². The number of amides is 1. The topological polar surface area (TPSA) is 91.0 Å². The first-order valence-electron chi connectivity index (χ1n) is 11.5.